The van der Waals surface area contributed by atoms with Gasteiger partial charge >= 0.3 is 0 Å². The lowest BCUT2D eigenvalue weighted by Crippen LogP contribution is -2.27. The number of hydrogen-bond acceptors (Lipinski definition) is 5. The molecule has 3 aromatic rings. The standard InChI is InChI=1S/C15H18N4O3S/c1-11-12(9-16-19(11)2)7-8-17-23(20,21)10-14-13-5-3-4-6-15(13)22-18-14/h3-6,9,17H,7-8,10H2,1-2H3. The van der Waals surface area contributed by atoms with Gasteiger partial charge in [-0.15, -0.1) is 0 Å². The van der Waals surface area contributed by atoms with Gasteiger partial charge in [-0.1, -0.05) is 17.3 Å². The summed E-state index contributed by atoms with van der Waals surface area (Å²) in [5, 5.41) is 8.72. The Kier molecular flexibility index (Phi) is 4.18. The van der Waals surface area contributed by atoms with Gasteiger partial charge < -0.3 is 4.52 Å². The van der Waals surface area contributed by atoms with Crippen molar-refractivity contribution >= 4 is 21.0 Å². The number of benzene rings is 1. The molecule has 23 heavy (non-hydrogen) atoms. The second-order valence-electron chi connectivity index (χ2n) is 5.41. The Labute approximate surface area is 134 Å². The van der Waals surface area contributed by atoms with Crippen LogP contribution in [0.2, 0.25) is 0 Å². The van der Waals surface area contributed by atoms with Crippen molar-refractivity contribution in [3.8, 4) is 0 Å². The highest BCUT2D eigenvalue weighted by atomic mass is 32.2. The minimum Gasteiger partial charge on any atom is -0.356 e. The molecule has 0 radical (unpaired) electrons. The number of sulfonamides is 1. The van der Waals surface area contributed by atoms with Crippen LogP contribution < -0.4 is 4.72 Å². The third kappa shape index (κ3) is 3.43. The molecule has 2 heterocycles. The molecule has 3 rings (SSSR count). The van der Waals surface area contributed by atoms with Crippen molar-refractivity contribution in [2.75, 3.05) is 6.54 Å². The summed E-state index contributed by atoms with van der Waals surface area (Å²) in [5.74, 6) is -0.198. The lowest BCUT2D eigenvalue weighted by atomic mass is 10.2. The molecule has 0 spiro atoms. The summed E-state index contributed by atoms with van der Waals surface area (Å²) >= 11 is 0. The van der Waals surface area contributed by atoms with Gasteiger partial charge in [0.05, 0.1) is 6.20 Å². The van der Waals surface area contributed by atoms with E-state index >= 15 is 0 Å². The van der Waals surface area contributed by atoms with Crippen molar-refractivity contribution in [3.63, 3.8) is 0 Å². The maximum absolute atomic E-state index is 12.2. The lowest BCUT2D eigenvalue weighted by Gasteiger charge is -2.05. The molecule has 0 fully saturated rings. The molecular formula is C15H18N4O3S. The summed E-state index contributed by atoms with van der Waals surface area (Å²) in [4.78, 5) is 0. The summed E-state index contributed by atoms with van der Waals surface area (Å²) in [5.41, 5.74) is 3.07. The predicted molar refractivity (Wildman–Crippen MR) is 86.3 cm³/mol. The molecule has 1 N–H and O–H groups in total. The van der Waals surface area contributed by atoms with E-state index in [1.165, 1.54) is 0 Å². The fourth-order valence-corrected chi connectivity index (χ4v) is 3.49. The van der Waals surface area contributed by atoms with Crippen molar-refractivity contribution in [3.05, 3.63) is 47.4 Å². The fraction of sp³-hybridized carbons (Fsp3) is 0.333. The second-order valence-corrected chi connectivity index (χ2v) is 7.21. The number of para-hydroxylation sites is 1. The van der Waals surface area contributed by atoms with E-state index in [9.17, 15) is 8.42 Å². The first kappa shape index (κ1) is 15.7. The first-order valence-corrected chi connectivity index (χ1v) is 8.89. The highest BCUT2D eigenvalue weighted by molar-refractivity contribution is 7.88. The summed E-state index contributed by atoms with van der Waals surface area (Å²) in [6, 6.07) is 7.21. The van der Waals surface area contributed by atoms with Gasteiger partial charge in [-0.2, -0.15) is 5.10 Å². The zero-order valence-electron chi connectivity index (χ0n) is 13.0. The van der Waals surface area contributed by atoms with Crippen LogP contribution in [0.15, 0.2) is 35.0 Å². The van der Waals surface area contributed by atoms with E-state index in [0.717, 1.165) is 16.6 Å². The molecule has 0 amide bonds. The SMILES string of the molecule is Cc1c(CCNS(=O)(=O)Cc2noc3ccccc23)cnn1C. The van der Waals surface area contributed by atoms with Gasteiger partial charge in [0.2, 0.25) is 10.0 Å². The largest absolute Gasteiger partial charge is 0.356 e. The molecule has 0 atom stereocenters. The van der Waals surface area contributed by atoms with Crippen molar-refractivity contribution in [1.29, 1.82) is 0 Å². The monoisotopic (exact) mass is 334 g/mol. The van der Waals surface area contributed by atoms with Crippen molar-refractivity contribution < 1.29 is 12.9 Å². The highest BCUT2D eigenvalue weighted by Crippen LogP contribution is 2.19. The molecule has 0 saturated carbocycles. The van der Waals surface area contributed by atoms with Gasteiger partial charge in [0.25, 0.3) is 0 Å². The first-order chi connectivity index (χ1) is 11.0. The zero-order valence-corrected chi connectivity index (χ0v) is 13.8. The van der Waals surface area contributed by atoms with E-state index in [0.29, 0.717) is 24.2 Å². The molecule has 7 nitrogen and oxygen atoms in total. The number of fused-ring (bicyclic) bond motifs is 1. The maximum Gasteiger partial charge on any atom is 0.217 e. The van der Waals surface area contributed by atoms with Crippen LogP contribution in [0.5, 0.6) is 0 Å². The van der Waals surface area contributed by atoms with Crippen molar-refractivity contribution in [2.24, 2.45) is 7.05 Å². The van der Waals surface area contributed by atoms with Gasteiger partial charge in [0, 0.05) is 24.7 Å². The van der Waals surface area contributed by atoms with E-state index in [-0.39, 0.29) is 5.75 Å². The van der Waals surface area contributed by atoms with Crippen molar-refractivity contribution in [2.45, 2.75) is 19.1 Å². The average molecular weight is 334 g/mol. The van der Waals surface area contributed by atoms with Crippen LogP contribution in [0.1, 0.15) is 17.0 Å². The molecule has 122 valence electrons. The Morgan fingerprint density at radius 1 is 1.30 bits per heavy atom. The Hall–Kier alpha value is -2.19. The van der Waals surface area contributed by atoms with Gasteiger partial charge in [-0.3, -0.25) is 4.68 Å². The maximum atomic E-state index is 12.2. The van der Waals surface area contributed by atoms with Crippen LogP contribution in [0, 0.1) is 6.92 Å². The molecule has 0 aliphatic heterocycles. The minimum atomic E-state index is -3.47. The molecule has 0 bridgehead atoms. The molecule has 0 aliphatic carbocycles. The highest BCUT2D eigenvalue weighted by Gasteiger charge is 2.17. The molecule has 0 aliphatic rings. The van der Waals surface area contributed by atoms with Gasteiger partial charge in [-0.25, -0.2) is 13.1 Å². The molecule has 0 saturated heterocycles. The Bertz CT molecular complexity index is 927. The smallest absolute Gasteiger partial charge is 0.217 e. The zero-order chi connectivity index (χ0) is 16.4. The van der Waals surface area contributed by atoms with Crippen LogP contribution in [0.25, 0.3) is 11.0 Å². The lowest BCUT2D eigenvalue weighted by molar-refractivity contribution is 0.448. The summed E-state index contributed by atoms with van der Waals surface area (Å²) in [6.07, 6.45) is 2.35. The van der Waals surface area contributed by atoms with Gasteiger partial charge in [0.1, 0.15) is 11.4 Å². The molecular weight excluding hydrogens is 316 g/mol. The third-order valence-electron chi connectivity index (χ3n) is 3.83. The van der Waals surface area contributed by atoms with Gasteiger partial charge in [0.15, 0.2) is 5.58 Å². The predicted octanol–water partition coefficient (Wildman–Crippen LogP) is 1.53. The molecule has 1 aromatic carbocycles. The number of nitrogens with zero attached hydrogens (tertiary/aromatic N) is 3. The number of nitrogens with one attached hydrogen (secondary N) is 1. The van der Waals surface area contributed by atoms with Crippen LogP contribution >= 0.6 is 0 Å². The van der Waals surface area contributed by atoms with Crippen LogP contribution in [-0.2, 0) is 29.2 Å². The average Bonchev–Trinajstić information content (AvgIpc) is 3.05. The molecule has 8 heteroatoms. The molecule has 0 unspecified atom stereocenters. The molecule has 2 aromatic heterocycles. The van der Waals surface area contributed by atoms with E-state index in [1.54, 1.807) is 23.0 Å². The fourth-order valence-electron chi connectivity index (χ4n) is 2.40. The van der Waals surface area contributed by atoms with Gasteiger partial charge in [-0.05, 0) is 31.0 Å². The summed E-state index contributed by atoms with van der Waals surface area (Å²) < 4.78 is 33.9. The van der Waals surface area contributed by atoms with E-state index in [2.05, 4.69) is 15.0 Å². The first-order valence-electron chi connectivity index (χ1n) is 7.24. The number of aromatic nitrogens is 3. The number of rotatable bonds is 6. The Balaban J connectivity index is 1.64. The van der Waals surface area contributed by atoms with Crippen LogP contribution in [-0.4, -0.2) is 29.9 Å². The van der Waals surface area contributed by atoms with Crippen molar-refractivity contribution in [1.82, 2.24) is 19.7 Å². The quantitative estimate of drug-likeness (QED) is 0.738. The van der Waals surface area contributed by atoms with E-state index in [4.69, 9.17) is 4.52 Å². The normalized spacial score (nSPS) is 12.1. The minimum absolute atomic E-state index is 0.198. The Morgan fingerprint density at radius 2 is 2.09 bits per heavy atom. The second kappa shape index (κ2) is 6.13. The summed E-state index contributed by atoms with van der Waals surface area (Å²) in [6.45, 7) is 2.28. The topological polar surface area (TPSA) is 90.0 Å². The number of aryl methyl sites for hydroxylation is 1. The number of hydrogen-bond donors (Lipinski definition) is 1. The third-order valence-corrected chi connectivity index (χ3v) is 5.13. The van der Waals surface area contributed by atoms with Crippen LogP contribution in [0.3, 0.4) is 0 Å². The van der Waals surface area contributed by atoms with Crippen LogP contribution in [0.4, 0.5) is 0 Å². The summed E-state index contributed by atoms with van der Waals surface area (Å²) in [7, 11) is -1.61. The van der Waals surface area contributed by atoms with E-state index < -0.39 is 10.0 Å². The van der Waals surface area contributed by atoms with E-state index in [1.807, 2.05) is 26.1 Å². The Morgan fingerprint density at radius 3 is 2.83 bits per heavy atom.